The van der Waals surface area contributed by atoms with E-state index < -0.39 is 11.8 Å². The van der Waals surface area contributed by atoms with Crippen molar-refractivity contribution in [1.29, 1.82) is 5.26 Å². The van der Waals surface area contributed by atoms with Crippen LogP contribution in [-0.2, 0) is 9.59 Å². The van der Waals surface area contributed by atoms with Gasteiger partial charge in [0.25, 0.3) is 0 Å². The number of nitriles is 1. The van der Waals surface area contributed by atoms with Gasteiger partial charge in [0, 0.05) is 0 Å². The maximum Gasteiger partial charge on any atom is 0.237 e. The number of hydrogen-bond donors (Lipinski definition) is 2. The van der Waals surface area contributed by atoms with E-state index in [1.807, 2.05) is 6.07 Å². The highest BCUT2D eigenvalue weighted by Crippen LogP contribution is 2.14. The summed E-state index contributed by atoms with van der Waals surface area (Å²) in [5.74, 6) is -1.23. The highest BCUT2D eigenvalue weighted by molar-refractivity contribution is 5.84. The largest absolute Gasteiger partial charge is 0.368 e. The fourth-order valence-electron chi connectivity index (χ4n) is 1.23. The van der Waals surface area contributed by atoms with Crippen molar-refractivity contribution in [2.24, 2.45) is 11.5 Å². The maximum absolute atomic E-state index is 10.9. The van der Waals surface area contributed by atoms with Gasteiger partial charge in [-0.1, -0.05) is 0 Å². The zero-order valence-electron chi connectivity index (χ0n) is 8.83. The standard InChI is InChI=1S/C9H10N6O2/c10-3-6-1-2-13-14-9(6)15(4-7(11)16)5-8(12)17/h1-2H,4-5H2,(H2,11,16)(H2,12,17). The Balaban J connectivity index is 3.07. The lowest BCUT2D eigenvalue weighted by atomic mass is 10.3. The molecule has 0 saturated heterocycles. The van der Waals surface area contributed by atoms with Gasteiger partial charge >= 0.3 is 0 Å². The Morgan fingerprint density at radius 1 is 1.35 bits per heavy atom. The first-order valence-corrected chi connectivity index (χ1v) is 4.58. The SMILES string of the molecule is N#Cc1ccnnc1N(CC(N)=O)CC(N)=O. The van der Waals surface area contributed by atoms with Crippen molar-refractivity contribution in [3.63, 3.8) is 0 Å². The normalized spacial score (nSPS) is 9.35. The van der Waals surface area contributed by atoms with Crippen molar-refractivity contribution in [3.05, 3.63) is 17.8 Å². The Hall–Kier alpha value is -2.69. The number of carbonyl (C=O) groups is 2. The van der Waals surface area contributed by atoms with Crippen LogP contribution in [0.15, 0.2) is 12.3 Å². The Morgan fingerprint density at radius 2 is 1.94 bits per heavy atom. The number of rotatable bonds is 5. The highest BCUT2D eigenvalue weighted by Gasteiger charge is 2.17. The molecule has 0 aliphatic heterocycles. The van der Waals surface area contributed by atoms with Gasteiger partial charge < -0.3 is 16.4 Å². The molecular weight excluding hydrogens is 224 g/mol. The lowest BCUT2D eigenvalue weighted by molar-refractivity contribution is -0.117. The van der Waals surface area contributed by atoms with Crippen molar-refractivity contribution < 1.29 is 9.59 Å². The lowest BCUT2D eigenvalue weighted by Gasteiger charge is -2.20. The van der Waals surface area contributed by atoms with Crippen LogP contribution >= 0.6 is 0 Å². The number of amides is 2. The third kappa shape index (κ3) is 3.42. The van der Waals surface area contributed by atoms with Crippen LogP contribution in [0.25, 0.3) is 0 Å². The van der Waals surface area contributed by atoms with Crippen LogP contribution in [0, 0.1) is 11.3 Å². The minimum atomic E-state index is -0.666. The molecule has 0 atom stereocenters. The van der Waals surface area contributed by atoms with Crippen LogP contribution < -0.4 is 16.4 Å². The third-order valence-corrected chi connectivity index (χ3v) is 1.81. The van der Waals surface area contributed by atoms with Gasteiger partial charge in [0.05, 0.1) is 24.8 Å². The Bertz CT molecular complexity index is 465. The molecule has 0 radical (unpaired) electrons. The monoisotopic (exact) mass is 234 g/mol. The van der Waals surface area contributed by atoms with Crippen LogP contribution in [0.5, 0.6) is 0 Å². The molecule has 0 spiro atoms. The number of anilines is 1. The summed E-state index contributed by atoms with van der Waals surface area (Å²) in [4.78, 5) is 22.9. The quantitative estimate of drug-likeness (QED) is 0.611. The van der Waals surface area contributed by atoms with Gasteiger partial charge in [-0.2, -0.15) is 10.4 Å². The summed E-state index contributed by atoms with van der Waals surface area (Å²) >= 11 is 0. The first kappa shape index (κ1) is 12.4. The minimum Gasteiger partial charge on any atom is -0.368 e. The predicted octanol–water partition coefficient (Wildman–Crippen LogP) is -1.87. The molecular formula is C9H10N6O2. The van der Waals surface area contributed by atoms with Gasteiger partial charge in [0.1, 0.15) is 6.07 Å². The molecule has 0 aliphatic rings. The predicted molar refractivity (Wildman–Crippen MR) is 57.3 cm³/mol. The fourth-order valence-corrected chi connectivity index (χ4v) is 1.23. The van der Waals surface area contributed by atoms with Crippen LogP contribution in [0.1, 0.15) is 5.56 Å². The number of primary amides is 2. The second-order valence-corrected chi connectivity index (χ2v) is 3.17. The molecule has 0 aromatic carbocycles. The average molecular weight is 234 g/mol. The lowest BCUT2D eigenvalue weighted by Crippen LogP contribution is -2.40. The molecule has 2 amide bonds. The zero-order chi connectivity index (χ0) is 12.8. The van der Waals surface area contributed by atoms with Gasteiger partial charge in [-0.15, -0.1) is 5.10 Å². The zero-order valence-corrected chi connectivity index (χ0v) is 8.83. The van der Waals surface area contributed by atoms with Gasteiger partial charge in [-0.25, -0.2) is 0 Å². The van der Waals surface area contributed by atoms with Crippen LogP contribution in [0.2, 0.25) is 0 Å². The molecule has 1 heterocycles. The number of carbonyl (C=O) groups excluding carboxylic acids is 2. The first-order valence-electron chi connectivity index (χ1n) is 4.58. The number of aromatic nitrogens is 2. The molecule has 88 valence electrons. The second-order valence-electron chi connectivity index (χ2n) is 3.17. The molecule has 8 nitrogen and oxygen atoms in total. The number of nitrogens with two attached hydrogens (primary N) is 2. The van der Waals surface area contributed by atoms with Crippen LogP contribution in [0.4, 0.5) is 5.82 Å². The van der Waals surface area contributed by atoms with E-state index in [2.05, 4.69) is 10.2 Å². The molecule has 1 aromatic heterocycles. The van der Waals surface area contributed by atoms with Gasteiger partial charge in [0.15, 0.2) is 5.82 Å². The van der Waals surface area contributed by atoms with E-state index in [4.69, 9.17) is 16.7 Å². The molecule has 0 saturated carbocycles. The summed E-state index contributed by atoms with van der Waals surface area (Å²) < 4.78 is 0. The third-order valence-electron chi connectivity index (χ3n) is 1.81. The van der Waals surface area contributed by atoms with E-state index in [1.54, 1.807) is 0 Å². The van der Waals surface area contributed by atoms with Crippen molar-refractivity contribution >= 4 is 17.6 Å². The topological polar surface area (TPSA) is 139 Å². The van der Waals surface area contributed by atoms with E-state index in [0.717, 1.165) is 0 Å². The molecule has 1 rings (SSSR count). The van der Waals surface area contributed by atoms with Crippen LogP contribution in [-0.4, -0.2) is 35.1 Å². The van der Waals surface area contributed by atoms with E-state index in [0.29, 0.717) is 0 Å². The second kappa shape index (κ2) is 5.41. The van der Waals surface area contributed by atoms with E-state index >= 15 is 0 Å². The van der Waals surface area contributed by atoms with Gasteiger partial charge in [-0.3, -0.25) is 9.59 Å². The van der Waals surface area contributed by atoms with Crippen molar-refractivity contribution in [1.82, 2.24) is 10.2 Å². The summed E-state index contributed by atoms with van der Waals surface area (Å²) in [6.07, 6.45) is 1.33. The van der Waals surface area contributed by atoms with E-state index in [-0.39, 0.29) is 24.5 Å². The minimum absolute atomic E-state index is 0.104. The fraction of sp³-hybridized carbons (Fsp3) is 0.222. The summed E-state index contributed by atoms with van der Waals surface area (Å²) in [7, 11) is 0. The maximum atomic E-state index is 10.9. The average Bonchev–Trinajstić information content (AvgIpc) is 2.27. The number of nitrogens with zero attached hydrogens (tertiary/aromatic N) is 4. The van der Waals surface area contributed by atoms with Crippen molar-refractivity contribution in [2.75, 3.05) is 18.0 Å². The Morgan fingerprint density at radius 3 is 2.41 bits per heavy atom. The molecule has 0 unspecified atom stereocenters. The molecule has 1 aromatic rings. The molecule has 0 fully saturated rings. The molecule has 4 N–H and O–H groups in total. The van der Waals surface area contributed by atoms with Crippen molar-refractivity contribution in [2.45, 2.75) is 0 Å². The smallest absolute Gasteiger partial charge is 0.237 e. The first-order chi connectivity index (χ1) is 8.04. The molecule has 0 bridgehead atoms. The molecule has 17 heavy (non-hydrogen) atoms. The van der Waals surface area contributed by atoms with Crippen LogP contribution in [0.3, 0.4) is 0 Å². The molecule has 8 heteroatoms. The van der Waals surface area contributed by atoms with E-state index in [9.17, 15) is 9.59 Å². The van der Waals surface area contributed by atoms with Crippen molar-refractivity contribution in [3.8, 4) is 6.07 Å². The van der Waals surface area contributed by atoms with Gasteiger partial charge in [0.2, 0.25) is 11.8 Å². The summed E-state index contributed by atoms with van der Waals surface area (Å²) in [5.41, 5.74) is 10.3. The van der Waals surface area contributed by atoms with E-state index in [1.165, 1.54) is 17.2 Å². The highest BCUT2D eigenvalue weighted by atomic mass is 16.2. The summed E-state index contributed by atoms with van der Waals surface area (Å²) in [6, 6.07) is 3.29. The van der Waals surface area contributed by atoms with Gasteiger partial charge in [-0.05, 0) is 6.07 Å². The Kier molecular flexibility index (Phi) is 3.94. The molecule has 0 aliphatic carbocycles. The summed E-state index contributed by atoms with van der Waals surface area (Å²) in [5, 5.41) is 16.1. The Labute approximate surface area is 96.8 Å². The summed E-state index contributed by atoms with van der Waals surface area (Å²) in [6.45, 7) is -0.535. The number of hydrogen-bond acceptors (Lipinski definition) is 6.